The molecule has 0 N–H and O–H groups in total. The number of anilines is 1. The van der Waals surface area contributed by atoms with Crippen LogP contribution in [0, 0.1) is 5.41 Å². The van der Waals surface area contributed by atoms with Crippen molar-refractivity contribution in [2.75, 3.05) is 18.6 Å². The number of carbonyl (C=O) groups is 2. The molecule has 1 aromatic carbocycles. The summed E-state index contributed by atoms with van der Waals surface area (Å²) in [6, 6.07) is 5.32. The van der Waals surface area contributed by atoms with Crippen molar-refractivity contribution in [3.05, 3.63) is 28.8 Å². The van der Waals surface area contributed by atoms with Crippen molar-refractivity contribution in [3.63, 3.8) is 0 Å². The van der Waals surface area contributed by atoms with Gasteiger partial charge in [0.25, 0.3) is 5.91 Å². The van der Waals surface area contributed by atoms with Gasteiger partial charge in [-0.1, -0.05) is 17.7 Å². The van der Waals surface area contributed by atoms with Gasteiger partial charge in [-0.25, -0.2) is 5.06 Å². The molecule has 2 amide bonds. The highest BCUT2D eigenvalue weighted by Gasteiger charge is 2.40. The lowest BCUT2D eigenvalue weighted by molar-refractivity contribution is -0.165. The molecule has 1 aromatic rings. The largest absolute Gasteiger partial charge is 0.316 e. The van der Waals surface area contributed by atoms with Crippen LogP contribution < -0.4 is 4.90 Å². The first kappa shape index (κ1) is 15.8. The Morgan fingerprint density at radius 2 is 2.14 bits per heavy atom. The summed E-state index contributed by atoms with van der Waals surface area (Å²) < 4.78 is 0. The van der Waals surface area contributed by atoms with Crippen LogP contribution in [-0.4, -0.2) is 30.5 Å². The maximum absolute atomic E-state index is 12.1. The number of rotatable bonds is 3. The topological polar surface area (TPSA) is 49.9 Å². The third-order valence-electron chi connectivity index (χ3n) is 3.60. The first-order valence-electron chi connectivity index (χ1n) is 6.70. The molecule has 2 rings (SSSR count). The Morgan fingerprint density at radius 3 is 2.62 bits per heavy atom. The van der Waals surface area contributed by atoms with Crippen molar-refractivity contribution >= 4 is 29.1 Å². The minimum atomic E-state index is -0.499. The first-order valence-corrected chi connectivity index (χ1v) is 7.08. The number of carbonyl (C=O) groups excluding carboxylic acids is 2. The summed E-state index contributed by atoms with van der Waals surface area (Å²) in [4.78, 5) is 30.4. The number of hydrogen-bond acceptors (Lipinski definition) is 3. The van der Waals surface area contributed by atoms with Crippen molar-refractivity contribution in [2.24, 2.45) is 5.41 Å². The van der Waals surface area contributed by atoms with Gasteiger partial charge in [0.15, 0.2) is 0 Å². The lowest BCUT2D eigenvalue weighted by Crippen LogP contribution is -2.30. The molecular weight excluding hydrogens is 292 g/mol. The first-order chi connectivity index (χ1) is 9.72. The summed E-state index contributed by atoms with van der Waals surface area (Å²) in [6.07, 6.45) is 0. The van der Waals surface area contributed by atoms with Crippen LogP contribution in [0.25, 0.3) is 0 Å². The van der Waals surface area contributed by atoms with Crippen LogP contribution >= 0.6 is 11.6 Å². The van der Waals surface area contributed by atoms with E-state index in [1.807, 2.05) is 13.8 Å². The zero-order valence-corrected chi connectivity index (χ0v) is 13.4. The number of halogens is 1. The molecule has 1 aliphatic heterocycles. The highest BCUT2D eigenvalue weighted by atomic mass is 35.5. The quantitative estimate of drug-likeness (QED) is 0.862. The van der Waals surface area contributed by atoms with Gasteiger partial charge in [0, 0.05) is 24.7 Å². The summed E-state index contributed by atoms with van der Waals surface area (Å²) in [6.45, 7) is 5.85. The Kier molecular flexibility index (Phi) is 4.25. The molecule has 5 nitrogen and oxygen atoms in total. The molecule has 114 valence electrons. The van der Waals surface area contributed by atoms with E-state index in [1.54, 1.807) is 25.2 Å². The standard InChI is InChI=1S/C15H19ClN2O3/c1-10(19)17(4)12-6-5-11(13(16)7-12)8-18-14(20)15(2,3)9-21-18/h5-7H,8-9H2,1-4H3. The smallest absolute Gasteiger partial charge is 0.254 e. The summed E-state index contributed by atoms with van der Waals surface area (Å²) in [5.74, 6) is -0.123. The highest BCUT2D eigenvalue weighted by Crippen LogP contribution is 2.30. The van der Waals surface area contributed by atoms with E-state index in [9.17, 15) is 9.59 Å². The van der Waals surface area contributed by atoms with Crippen LogP contribution in [0.3, 0.4) is 0 Å². The third kappa shape index (κ3) is 3.19. The van der Waals surface area contributed by atoms with Crippen LogP contribution in [0.4, 0.5) is 5.69 Å². The van der Waals surface area contributed by atoms with Crippen LogP contribution in [0.2, 0.25) is 5.02 Å². The number of nitrogens with zero attached hydrogens (tertiary/aromatic N) is 2. The van der Waals surface area contributed by atoms with Gasteiger partial charge in [-0.15, -0.1) is 0 Å². The third-order valence-corrected chi connectivity index (χ3v) is 3.95. The highest BCUT2D eigenvalue weighted by molar-refractivity contribution is 6.31. The average Bonchev–Trinajstić information content (AvgIpc) is 2.67. The molecule has 0 radical (unpaired) electrons. The second kappa shape index (κ2) is 5.66. The van der Waals surface area contributed by atoms with E-state index in [-0.39, 0.29) is 11.8 Å². The SMILES string of the molecule is CC(=O)N(C)c1ccc(CN2OCC(C)(C)C2=O)c(Cl)c1. The molecule has 21 heavy (non-hydrogen) atoms. The fourth-order valence-electron chi connectivity index (χ4n) is 2.02. The predicted octanol–water partition coefficient (Wildman–Crippen LogP) is 2.62. The van der Waals surface area contributed by atoms with E-state index in [1.165, 1.54) is 16.9 Å². The molecule has 0 saturated carbocycles. The van der Waals surface area contributed by atoms with Crippen LogP contribution in [-0.2, 0) is 21.0 Å². The molecule has 0 aliphatic carbocycles. The monoisotopic (exact) mass is 310 g/mol. The summed E-state index contributed by atoms with van der Waals surface area (Å²) >= 11 is 6.24. The Hall–Kier alpha value is -1.59. The molecule has 1 fully saturated rings. The Bertz CT molecular complexity index is 586. The summed E-state index contributed by atoms with van der Waals surface area (Å²) in [5.41, 5.74) is 0.995. The minimum Gasteiger partial charge on any atom is -0.316 e. The molecule has 0 atom stereocenters. The van der Waals surface area contributed by atoms with Crippen molar-refractivity contribution in [3.8, 4) is 0 Å². The second-order valence-corrected chi connectivity index (χ2v) is 6.26. The van der Waals surface area contributed by atoms with Gasteiger partial charge in [0.1, 0.15) is 0 Å². The van der Waals surface area contributed by atoms with Gasteiger partial charge in [-0.3, -0.25) is 14.4 Å². The maximum atomic E-state index is 12.1. The zero-order chi connectivity index (χ0) is 15.8. The second-order valence-electron chi connectivity index (χ2n) is 5.85. The van der Waals surface area contributed by atoms with Crippen molar-refractivity contribution < 1.29 is 14.4 Å². The van der Waals surface area contributed by atoms with E-state index in [2.05, 4.69) is 0 Å². The van der Waals surface area contributed by atoms with Gasteiger partial charge < -0.3 is 4.90 Å². The summed E-state index contributed by atoms with van der Waals surface area (Å²) in [5, 5.41) is 1.84. The Balaban J connectivity index is 2.16. The van der Waals surface area contributed by atoms with Gasteiger partial charge in [-0.05, 0) is 31.5 Å². The number of hydrogen-bond donors (Lipinski definition) is 0. The van der Waals surface area contributed by atoms with E-state index < -0.39 is 5.41 Å². The van der Waals surface area contributed by atoms with E-state index in [0.717, 1.165) is 5.56 Å². The molecule has 1 aliphatic rings. The van der Waals surface area contributed by atoms with Gasteiger partial charge >= 0.3 is 0 Å². The van der Waals surface area contributed by atoms with Crippen LogP contribution in [0.5, 0.6) is 0 Å². The molecule has 0 spiro atoms. The number of benzene rings is 1. The number of hydroxylamine groups is 2. The van der Waals surface area contributed by atoms with E-state index >= 15 is 0 Å². The Morgan fingerprint density at radius 1 is 1.48 bits per heavy atom. The Labute approximate surface area is 129 Å². The molecule has 1 heterocycles. The predicted molar refractivity (Wildman–Crippen MR) is 80.8 cm³/mol. The molecule has 6 heteroatoms. The van der Waals surface area contributed by atoms with Gasteiger partial charge in [-0.2, -0.15) is 0 Å². The lowest BCUT2D eigenvalue weighted by atomic mass is 9.95. The van der Waals surface area contributed by atoms with Gasteiger partial charge in [0.2, 0.25) is 5.91 Å². The van der Waals surface area contributed by atoms with Crippen molar-refractivity contribution in [1.29, 1.82) is 0 Å². The fourth-order valence-corrected chi connectivity index (χ4v) is 2.26. The van der Waals surface area contributed by atoms with Gasteiger partial charge in [0.05, 0.1) is 18.6 Å². The molecule has 0 aromatic heterocycles. The van der Waals surface area contributed by atoms with Crippen molar-refractivity contribution in [2.45, 2.75) is 27.3 Å². The molecule has 0 bridgehead atoms. The normalized spacial score (nSPS) is 17.2. The average molecular weight is 311 g/mol. The van der Waals surface area contributed by atoms with E-state index in [4.69, 9.17) is 16.4 Å². The fraction of sp³-hybridized carbons (Fsp3) is 0.467. The minimum absolute atomic E-state index is 0.0523. The van der Waals surface area contributed by atoms with Crippen LogP contribution in [0.1, 0.15) is 26.3 Å². The molecule has 0 unspecified atom stereocenters. The summed E-state index contributed by atoms with van der Waals surface area (Å²) in [7, 11) is 1.68. The van der Waals surface area contributed by atoms with Crippen molar-refractivity contribution in [1.82, 2.24) is 5.06 Å². The lowest BCUT2D eigenvalue weighted by Gasteiger charge is -2.19. The van der Waals surface area contributed by atoms with E-state index in [0.29, 0.717) is 23.9 Å². The maximum Gasteiger partial charge on any atom is 0.254 e. The number of amides is 2. The van der Waals surface area contributed by atoms with Crippen LogP contribution in [0.15, 0.2) is 18.2 Å². The zero-order valence-electron chi connectivity index (χ0n) is 12.6. The molecule has 1 saturated heterocycles. The molecular formula is C15H19ClN2O3.